The highest BCUT2D eigenvalue weighted by Gasteiger charge is 2.46. The van der Waals surface area contributed by atoms with Crippen LogP contribution in [0.5, 0.6) is 0 Å². The number of rotatable bonds is 4. The van der Waals surface area contributed by atoms with Gasteiger partial charge in [0.15, 0.2) is 0 Å². The van der Waals surface area contributed by atoms with Crippen LogP contribution in [0.25, 0.3) is 0 Å². The summed E-state index contributed by atoms with van der Waals surface area (Å²) in [6.45, 7) is 3.67. The van der Waals surface area contributed by atoms with Crippen LogP contribution < -0.4 is 5.32 Å². The minimum absolute atomic E-state index is 0.139. The summed E-state index contributed by atoms with van der Waals surface area (Å²) in [7, 11) is 0. The Morgan fingerprint density at radius 3 is 2.35 bits per heavy atom. The molecule has 6 nitrogen and oxygen atoms in total. The largest absolute Gasteiger partial charge is 0.478 e. The second kappa shape index (κ2) is 4.96. The van der Waals surface area contributed by atoms with E-state index in [1.54, 1.807) is 19.1 Å². The van der Waals surface area contributed by atoms with Crippen LogP contribution in [0.1, 0.15) is 36.2 Å². The van der Waals surface area contributed by atoms with E-state index in [0.29, 0.717) is 12.0 Å². The van der Waals surface area contributed by atoms with Gasteiger partial charge in [0.2, 0.25) is 0 Å². The van der Waals surface area contributed by atoms with Crippen molar-refractivity contribution in [1.82, 2.24) is 10.2 Å². The lowest BCUT2D eigenvalue weighted by atomic mass is 9.99. The molecule has 0 saturated carbocycles. The number of benzene rings is 1. The molecule has 20 heavy (non-hydrogen) atoms. The molecule has 1 saturated heterocycles. The topological polar surface area (TPSA) is 86.7 Å². The molecule has 2 N–H and O–H groups in total. The molecule has 1 unspecified atom stereocenters. The monoisotopic (exact) mass is 276 g/mol. The van der Waals surface area contributed by atoms with Crippen LogP contribution in [0, 0.1) is 0 Å². The Kier molecular flexibility index (Phi) is 3.48. The van der Waals surface area contributed by atoms with E-state index in [4.69, 9.17) is 5.11 Å². The first kappa shape index (κ1) is 14.0. The summed E-state index contributed by atoms with van der Waals surface area (Å²) in [5.74, 6) is -1.27. The molecule has 0 radical (unpaired) electrons. The second-order valence-electron chi connectivity index (χ2n) is 5.01. The summed E-state index contributed by atoms with van der Waals surface area (Å²) >= 11 is 0. The van der Waals surface area contributed by atoms with Crippen LogP contribution in [0.15, 0.2) is 24.3 Å². The molecule has 0 aromatic heterocycles. The van der Waals surface area contributed by atoms with Gasteiger partial charge in [0, 0.05) is 0 Å². The van der Waals surface area contributed by atoms with Crippen LogP contribution in [-0.2, 0) is 11.3 Å². The van der Waals surface area contributed by atoms with Crippen molar-refractivity contribution in [1.29, 1.82) is 0 Å². The Morgan fingerprint density at radius 2 is 1.90 bits per heavy atom. The van der Waals surface area contributed by atoms with Crippen molar-refractivity contribution in [2.24, 2.45) is 0 Å². The summed E-state index contributed by atoms with van der Waals surface area (Å²) in [4.78, 5) is 35.9. The standard InChI is InChI=1S/C14H16N2O4/c1-3-14(2)12(19)16(13(20)15-14)8-9-4-6-10(7-5-9)11(17)18/h4-7H,3,8H2,1-2H3,(H,15,20)(H,17,18). The number of aromatic carboxylic acids is 1. The van der Waals surface area contributed by atoms with E-state index < -0.39 is 17.5 Å². The number of hydrogen-bond acceptors (Lipinski definition) is 3. The van der Waals surface area contributed by atoms with Crippen molar-refractivity contribution >= 4 is 17.9 Å². The molecule has 1 fully saturated rings. The molecule has 1 atom stereocenters. The van der Waals surface area contributed by atoms with E-state index in [9.17, 15) is 14.4 Å². The number of carboxylic acids is 1. The fourth-order valence-electron chi connectivity index (χ4n) is 2.07. The number of hydrogen-bond donors (Lipinski definition) is 2. The van der Waals surface area contributed by atoms with Gasteiger partial charge < -0.3 is 10.4 Å². The average Bonchev–Trinajstić information content (AvgIpc) is 2.64. The van der Waals surface area contributed by atoms with E-state index in [-0.39, 0.29) is 18.0 Å². The first-order valence-electron chi connectivity index (χ1n) is 6.34. The molecule has 0 bridgehead atoms. The smallest absolute Gasteiger partial charge is 0.335 e. The van der Waals surface area contributed by atoms with Crippen LogP contribution in [0.4, 0.5) is 4.79 Å². The van der Waals surface area contributed by atoms with Gasteiger partial charge in [-0.15, -0.1) is 0 Å². The van der Waals surface area contributed by atoms with Gasteiger partial charge >= 0.3 is 12.0 Å². The van der Waals surface area contributed by atoms with Crippen molar-refractivity contribution < 1.29 is 19.5 Å². The normalized spacial score (nSPS) is 22.0. The van der Waals surface area contributed by atoms with Gasteiger partial charge in [-0.05, 0) is 31.0 Å². The number of nitrogens with zero attached hydrogens (tertiary/aromatic N) is 1. The van der Waals surface area contributed by atoms with Gasteiger partial charge in [-0.2, -0.15) is 0 Å². The van der Waals surface area contributed by atoms with Crippen molar-refractivity contribution in [2.75, 3.05) is 0 Å². The highest BCUT2D eigenvalue weighted by atomic mass is 16.4. The summed E-state index contributed by atoms with van der Waals surface area (Å²) < 4.78 is 0. The number of imide groups is 1. The molecule has 106 valence electrons. The van der Waals surface area contributed by atoms with Crippen molar-refractivity contribution in [3.63, 3.8) is 0 Å². The first-order chi connectivity index (χ1) is 9.37. The average molecular weight is 276 g/mol. The van der Waals surface area contributed by atoms with Crippen LogP contribution in [0.3, 0.4) is 0 Å². The SMILES string of the molecule is CCC1(C)NC(=O)N(Cc2ccc(C(=O)O)cc2)C1=O. The van der Waals surface area contributed by atoms with Gasteiger partial charge in [0.25, 0.3) is 5.91 Å². The van der Waals surface area contributed by atoms with E-state index in [1.165, 1.54) is 12.1 Å². The number of carbonyl (C=O) groups excluding carboxylic acids is 2. The number of nitrogens with one attached hydrogen (secondary N) is 1. The zero-order valence-corrected chi connectivity index (χ0v) is 11.3. The van der Waals surface area contributed by atoms with Crippen LogP contribution in [-0.4, -0.2) is 33.5 Å². The van der Waals surface area contributed by atoms with Gasteiger partial charge in [0.05, 0.1) is 12.1 Å². The van der Waals surface area contributed by atoms with Gasteiger partial charge in [0.1, 0.15) is 5.54 Å². The first-order valence-corrected chi connectivity index (χ1v) is 6.34. The van der Waals surface area contributed by atoms with Crippen molar-refractivity contribution in [3.8, 4) is 0 Å². The molecular weight excluding hydrogens is 260 g/mol. The van der Waals surface area contributed by atoms with Gasteiger partial charge in [-0.25, -0.2) is 9.59 Å². The zero-order chi connectivity index (χ0) is 14.9. The maximum atomic E-state index is 12.2. The molecule has 1 aromatic carbocycles. The molecule has 3 amide bonds. The molecule has 1 heterocycles. The third kappa shape index (κ3) is 2.36. The summed E-state index contributed by atoms with van der Waals surface area (Å²) in [6, 6.07) is 5.70. The summed E-state index contributed by atoms with van der Waals surface area (Å²) in [6.07, 6.45) is 0.520. The molecule has 1 aliphatic heterocycles. The highest BCUT2D eigenvalue weighted by molar-refractivity contribution is 6.06. The maximum absolute atomic E-state index is 12.2. The molecular formula is C14H16N2O4. The van der Waals surface area contributed by atoms with E-state index in [1.807, 2.05) is 6.92 Å². The van der Waals surface area contributed by atoms with Gasteiger partial charge in [-0.1, -0.05) is 19.1 Å². The van der Waals surface area contributed by atoms with E-state index >= 15 is 0 Å². The minimum Gasteiger partial charge on any atom is -0.478 e. The van der Waals surface area contributed by atoms with Crippen molar-refractivity contribution in [2.45, 2.75) is 32.4 Å². The quantitative estimate of drug-likeness (QED) is 0.818. The molecule has 1 aliphatic rings. The lowest BCUT2D eigenvalue weighted by Crippen LogP contribution is -2.43. The fraction of sp³-hybridized carbons (Fsp3) is 0.357. The Morgan fingerprint density at radius 1 is 1.30 bits per heavy atom. The zero-order valence-electron chi connectivity index (χ0n) is 11.3. The third-order valence-electron chi connectivity index (χ3n) is 3.59. The second-order valence-corrected chi connectivity index (χ2v) is 5.01. The molecule has 0 spiro atoms. The number of urea groups is 1. The highest BCUT2D eigenvalue weighted by Crippen LogP contribution is 2.22. The molecule has 2 rings (SSSR count). The third-order valence-corrected chi connectivity index (χ3v) is 3.59. The molecule has 0 aliphatic carbocycles. The maximum Gasteiger partial charge on any atom is 0.335 e. The van der Waals surface area contributed by atoms with Crippen LogP contribution >= 0.6 is 0 Å². The fourth-order valence-corrected chi connectivity index (χ4v) is 2.07. The predicted molar refractivity (Wildman–Crippen MR) is 71.2 cm³/mol. The number of carbonyl (C=O) groups is 3. The Bertz CT molecular complexity index is 567. The molecule has 1 aromatic rings. The summed E-state index contributed by atoms with van der Waals surface area (Å²) in [5.41, 5.74) is 0.0288. The number of carboxylic acid groups (broad SMARTS) is 1. The lowest BCUT2D eigenvalue weighted by Gasteiger charge is -2.19. The van der Waals surface area contributed by atoms with Crippen molar-refractivity contribution in [3.05, 3.63) is 35.4 Å². The van der Waals surface area contributed by atoms with Gasteiger partial charge in [-0.3, -0.25) is 9.69 Å². The molecule has 6 heteroatoms. The van der Waals surface area contributed by atoms with E-state index in [2.05, 4.69) is 5.32 Å². The Hall–Kier alpha value is -2.37. The Labute approximate surface area is 116 Å². The Balaban J connectivity index is 2.16. The summed E-state index contributed by atoms with van der Waals surface area (Å²) in [5, 5.41) is 11.5. The minimum atomic E-state index is -1.01. The number of amides is 3. The van der Waals surface area contributed by atoms with Crippen LogP contribution in [0.2, 0.25) is 0 Å². The predicted octanol–water partition coefficient (Wildman–Crippen LogP) is 1.61. The lowest BCUT2D eigenvalue weighted by molar-refractivity contribution is -0.131. The van der Waals surface area contributed by atoms with E-state index in [0.717, 1.165) is 4.90 Å².